The molecule has 0 atom stereocenters. The molecule has 0 unspecified atom stereocenters. The number of fused-ring (bicyclic) bond motifs is 1. The van der Waals surface area contributed by atoms with E-state index in [0.29, 0.717) is 0 Å². The van der Waals surface area contributed by atoms with Crippen LogP contribution >= 0.6 is 12.2 Å². The van der Waals surface area contributed by atoms with Crippen LogP contribution in [0.2, 0.25) is 0 Å². The molecule has 8 heteroatoms. The fraction of sp³-hybridized carbons (Fsp3) is 0.231. The Balaban J connectivity index is 2.88. The van der Waals surface area contributed by atoms with Gasteiger partial charge in [0.25, 0.3) is 0 Å². The average molecular weight is 315 g/mol. The summed E-state index contributed by atoms with van der Waals surface area (Å²) in [6.07, 6.45) is 0. The Kier molecular flexibility index (Phi) is 4.08. The van der Waals surface area contributed by atoms with Gasteiger partial charge in [-0.1, -0.05) is 12.2 Å². The molecule has 0 fully saturated rings. The fourth-order valence-electron chi connectivity index (χ4n) is 1.92. The Bertz CT molecular complexity index is 788. The van der Waals surface area contributed by atoms with Crippen molar-refractivity contribution in [1.29, 1.82) is 0 Å². The molecular weight excluding hydrogens is 304 g/mol. The second kappa shape index (κ2) is 5.65. The van der Waals surface area contributed by atoms with Gasteiger partial charge in [-0.25, -0.2) is 9.18 Å². The molecule has 1 heterocycles. The van der Waals surface area contributed by atoms with Gasteiger partial charge >= 0.3 is 5.97 Å². The van der Waals surface area contributed by atoms with Crippen LogP contribution in [0.4, 0.5) is 8.78 Å². The first-order valence-electron chi connectivity index (χ1n) is 5.90. The van der Waals surface area contributed by atoms with E-state index in [1.54, 1.807) is 6.92 Å². The summed E-state index contributed by atoms with van der Waals surface area (Å²) in [7, 11) is 1.14. The first-order chi connectivity index (χ1) is 9.92. The number of pyridine rings is 1. The van der Waals surface area contributed by atoms with E-state index in [1.807, 2.05) is 0 Å². The van der Waals surface area contributed by atoms with E-state index >= 15 is 0 Å². The molecule has 21 heavy (non-hydrogen) atoms. The Morgan fingerprint density at radius 1 is 1.48 bits per heavy atom. The van der Waals surface area contributed by atoms with Crippen molar-refractivity contribution in [3.05, 3.63) is 27.9 Å². The quantitative estimate of drug-likeness (QED) is 0.673. The second-order valence-corrected chi connectivity index (χ2v) is 4.43. The van der Waals surface area contributed by atoms with Crippen LogP contribution in [0.25, 0.3) is 10.9 Å². The van der Waals surface area contributed by atoms with Gasteiger partial charge in [0.05, 0.1) is 19.2 Å². The van der Waals surface area contributed by atoms with Crippen molar-refractivity contribution in [3.63, 3.8) is 0 Å². The van der Waals surface area contributed by atoms with Gasteiger partial charge in [0.1, 0.15) is 16.0 Å². The number of hydrogen-bond acceptors (Lipinski definition) is 5. The minimum Gasteiger partial charge on any atom is -0.506 e. The molecule has 5 nitrogen and oxygen atoms in total. The molecule has 0 bridgehead atoms. The lowest BCUT2D eigenvalue weighted by Gasteiger charge is -2.12. The van der Waals surface area contributed by atoms with E-state index in [-0.39, 0.29) is 27.7 Å². The fourth-order valence-corrected chi connectivity index (χ4v) is 2.20. The third-order valence-electron chi connectivity index (χ3n) is 2.82. The average Bonchev–Trinajstić information content (AvgIpc) is 2.42. The van der Waals surface area contributed by atoms with Gasteiger partial charge in [-0.05, 0) is 13.0 Å². The predicted octanol–water partition coefficient (Wildman–Crippen LogP) is 3.07. The standard InChI is InChI=1S/C13H11F2NO4S/c1-3-20-13(18)7-10(17)5-4-6(14)8(15)11(19-2)9(5)16-12(7)21/h4H,3H2,1-2H3,(H2,16,17,21). The maximum absolute atomic E-state index is 13.6. The number of esters is 1. The normalized spacial score (nSPS) is 10.7. The SMILES string of the molecule is CCOC(=O)c1c(O)c2cc(F)c(F)c(OC)c2[nH]c1=S. The topological polar surface area (TPSA) is 71.6 Å². The van der Waals surface area contributed by atoms with Crippen LogP contribution in [-0.4, -0.2) is 29.8 Å². The third kappa shape index (κ3) is 2.42. The molecular formula is C13H11F2NO4S. The monoisotopic (exact) mass is 315 g/mol. The zero-order chi connectivity index (χ0) is 15.7. The number of nitrogens with one attached hydrogen (secondary N) is 1. The largest absolute Gasteiger partial charge is 0.506 e. The van der Waals surface area contributed by atoms with Crippen LogP contribution in [0, 0.1) is 16.3 Å². The molecule has 0 aliphatic heterocycles. The number of methoxy groups -OCH3 is 1. The minimum absolute atomic E-state index is 0.0491. The molecule has 0 radical (unpaired) electrons. The smallest absolute Gasteiger partial charge is 0.344 e. The van der Waals surface area contributed by atoms with E-state index in [0.717, 1.165) is 13.2 Å². The van der Waals surface area contributed by atoms with E-state index in [4.69, 9.17) is 21.7 Å². The van der Waals surface area contributed by atoms with Crippen molar-refractivity contribution >= 4 is 29.1 Å². The van der Waals surface area contributed by atoms with Crippen LogP contribution in [0.15, 0.2) is 6.07 Å². The number of hydrogen-bond donors (Lipinski definition) is 2. The van der Waals surface area contributed by atoms with Gasteiger partial charge in [-0.2, -0.15) is 4.39 Å². The lowest BCUT2D eigenvalue weighted by molar-refractivity contribution is 0.0522. The molecule has 2 aromatic rings. The molecule has 1 aromatic carbocycles. The van der Waals surface area contributed by atoms with Crippen LogP contribution in [-0.2, 0) is 4.74 Å². The number of aromatic hydroxyl groups is 1. The zero-order valence-electron chi connectivity index (χ0n) is 11.1. The first-order valence-corrected chi connectivity index (χ1v) is 6.31. The Morgan fingerprint density at radius 2 is 2.14 bits per heavy atom. The molecule has 1 aromatic heterocycles. The molecule has 2 rings (SSSR count). The molecule has 0 amide bonds. The number of ether oxygens (including phenoxy) is 2. The number of rotatable bonds is 3. The summed E-state index contributed by atoms with van der Waals surface area (Å²) in [6, 6.07) is 0.747. The van der Waals surface area contributed by atoms with E-state index in [1.165, 1.54) is 0 Å². The lowest BCUT2D eigenvalue weighted by Crippen LogP contribution is -2.08. The van der Waals surface area contributed by atoms with Crippen molar-refractivity contribution in [2.24, 2.45) is 0 Å². The first kappa shape index (κ1) is 15.2. The van der Waals surface area contributed by atoms with Gasteiger partial charge in [-0.3, -0.25) is 0 Å². The Morgan fingerprint density at radius 3 is 2.71 bits per heavy atom. The van der Waals surface area contributed by atoms with Crippen molar-refractivity contribution < 1.29 is 28.2 Å². The molecule has 0 aliphatic carbocycles. The molecule has 0 saturated carbocycles. The van der Waals surface area contributed by atoms with Crippen molar-refractivity contribution in [1.82, 2.24) is 4.98 Å². The van der Waals surface area contributed by atoms with E-state index in [2.05, 4.69) is 4.98 Å². The van der Waals surface area contributed by atoms with Gasteiger partial charge in [0, 0.05) is 5.39 Å². The summed E-state index contributed by atoms with van der Waals surface area (Å²) in [5, 5.41) is 9.99. The van der Waals surface area contributed by atoms with Gasteiger partial charge in [0.15, 0.2) is 11.6 Å². The maximum Gasteiger partial charge on any atom is 0.344 e. The maximum atomic E-state index is 13.6. The van der Waals surface area contributed by atoms with Crippen molar-refractivity contribution in [2.75, 3.05) is 13.7 Å². The number of carbonyl (C=O) groups is 1. The third-order valence-corrected chi connectivity index (χ3v) is 3.12. The molecule has 0 spiro atoms. The summed E-state index contributed by atoms with van der Waals surface area (Å²) < 4.78 is 36.6. The summed E-state index contributed by atoms with van der Waals surface area (Å²) in [4.78, 5) is 14.3. The molecule has 0 saturated heterocycles. The summed E-state index contributed by atoms with van der Waals surface area (Å²) in [6.45, 7) is 1.66. The van der Waals surface area contributed by atoms with Crippen molar-refractivity contribution in [3.8, 4) is 11.5 Å². The summed E-state index contributed by atoms with van der Waals surface area (Å²) in [5.74, 6) is -4.35. The van der Waals surface area contributed by atoms with E-state index < -0.39 is 29.1 Å². The zero-order valence-corrected chi connectivity index (χ0v) is 11.9. The summed E-state index contributed by atoms with van der Waals surface area (Å²) in [5.41, 5.74) is -0.362. The van der Waals surface area contributed by atoms with E-state index in [9.17, 15) is 18.7 Å². The highest BCUT2D eigenvalue weighted by Crippen LogP contribution is 2.36. The highest BCUT2D eigenvalue weighted by molar-refractivity contribution is 7.71. The molecule has 2 N–H and O–H groups in total. The molecule has 112 valence electrons. The number of benzene rings is 1. The van der Waals surface area contributed by atoms with Gasteiger partial charge in [-0.15, -0.1) is 0 Å². The second-order valence-electron chi connectivity index (χ2n) is 4.03. The highest BCUT2D eigenvalue weighted by Gasteiger charge is 2.23. The minimum atomic E-state index is -1.23. The Labute approximate surface area is 123 Å². The Hall–Kier alpha value is -2.22. The lowest BCUT2D eigenvalue weighted by atomic mass is 10.1. The highest BCUT2D eigenvalue weighted by atomic mass is 32.1. The van der Waals surface area contributed by atoms with Crippen LogP contribution < -0.4 is 4.74 Å². The predicted molar refractivity (Wildman–Crippen MR) is 73.2 cm³/mol. The number of aromatic amines is 1. The summed E-state index contributed by atoms with van der Waals surface area (Å²) >= 11 is 4.95. The van der Waals surface area contributed by atoms with Gasteiger partial charge in [0.2, 0.25) is 5.82 Å². The van der Waals surface area contributed by atoms with Crippen LogP contribution in [0.1, 0.15) is 17.3 Å². The van der Waals surface area contributed by atoms with Gasteiger partial charge < -0.3 is 19.6 Å². The number of carbonyl (C=O) groups excluding carboxylic acids is 1. The molecule has 0 aliphatic rings. The number of H-pyrrole nitrogens is 1. The number of halogens is 2. The van der Waals surface area contributed by atoms with Crippen LogP contribution in [0.3, 0.4) is 0 Å². The van der Waals surface area contributed by atoms with Crippen LogP contribution in [0.5, 0.6) is 11.5 Å². The number of aromatic nitrogens is 1. The van der Waals surface area contributed by atoms with Crippen molar-refractivity contribution in [2.45, 2.75) is 6.92 Å².